The Balaban J connectivity index is 2.19. The van der Waals surface area contributed by atoms with Crippen molar-refractivity contribution in [2.45, 2.75) is 58.6 Å². The molecule has 3 heteroatoms. The van der Waals surface area contributed by atoms with Gasteiger partial charge in [-0.25, -0.2) is 0 Å². The first kappa shape index (κ1) is 15.8. The van der Waals surface area contributed by atoms with Crippen molar-refractivity contribution in [3.63, 3.8) is 0 Å². The number of aliphatic hydroxyl groups excluding tert-OH is 1. The van der Waals surface area contributed by atoms with E-state index in [1.807, 2.05) is 13.0 Å². The monoisotopic (exact) mass is 339 g/mol. The first-order valence-corrected chi connectivity index (χ1v) is 8.30. The number of benzene rings is 1. The quantitative estimate of drug-likeness (QED) is 0.845. The third-order valence-electron chi connectivity index (χ3n) is 4.68. The Hall–Kier alpha value is -0.540. The average molecular weight is 340 g/mol. The normalized spacial score (nSPS) is 20.7. The smallest absolute Gasteiger partial charge is 0.0782 e. The van der Waals surface area contributed by atoms with E-state index >= 15 is 0 Å². The molecule has 0 bridgehead atoms. The molecule has 2 rings (SSSR count). The van der Waals surface area contributed by atoms with Crippen LogP contribution in [0.2, 0.25) is 0 Å². The fraction of sp³-hybridized carbons (Fsp3) is 0.647. The maximum Gasteiger partial charge on any atom is 0.0782 e. The molecule has 0 radical (unpaired) electrons. The van der Waals surface area contributed by atoms with Crippen LogP contribution in [0.4, 0.5) is 5.69 Å². The standard InChI is InChI=1S/C17H26BrNO/c1-12(20)15-11-13(18)5-6-16(15)19(4)14-7-9-17(2,3)10-8-14/h5-6,11-12,14,20H,7-10H2,1-4H3. The number of anilines is 1. The van der Waals surface area contributed by atoms with Crippen LogP contribution >= 0.6 is 15.9 Å². The molecule has 0 aromatic heterocycles. The highest BCUT2D eigenvalue weighted by molar-refractivity contribution is 9.10. The lowest BCUT2D eigenvalue weighted by atomic mass is 9.75. The number of nitrogens with zero attached hydrogens (tertiary/aromatic N) is 1. The maximum atomic E-state index is 10.0. The van der Waals surface area contributed by atoms with Gasteiger partial charge in [-0.1, -0.05) is 29.8 Å². The second-order valence-electron chi connectivity index (χ2n) is 6.89. The Morgan fingerprint density at radius 1 is 1.30 bits per heavy atom. The SMILES string of the molecule is CC(O)c1cc(Br)ccc1N(C)C1CCC(C)(C)CC1. The first-order chi connectivity index (χ1) is 9.30. The second kappa shape index (κ2) is 6.07. The molecule has 1 unspecified atom stereocenters. The molecule has 1 aromatic carbocycles. The van der Waals surface area contributed by atoms with Crippen molar-refractivity contribution in [2.24, 2.45) is 5.41 Å². The van der Waals surface area contributed by atoms with Gasteiger partial charge >= 0.3 is 0 Å². The topological polar surface area (TPSA) is 23.5 Å². The van der Waals surface area contributed by atoms with Gasteiger partial charge in [0.2, 0.25) is 0 Å². The second-order valence-corrected chi connectivity index (χ2v) is 7.80. The molecular weight excluding hydrogens is 314 g/mol. The van der Waals surface area contributed by atoms with E-state index in [0.29, 0.717) is 11.5 Å². The summed E-state index contributed by atoms with van der Waals surface area (Å²) in [6.45, 7) is 6.57. The van der Waals surface area contributed by atoms with Crippen molar-refractivity contribution < 1.29 is 5.11 Å². The third kappa shape index (κ3) is 3.56. The van der Waals surface area contributed by atoms with Gasteiger partial charge in [-0.15, -0.1) is 0 Å². The van der Waals surface area contributed by atoms with Crippen molar-refractivity contribution in [1.82, 2.24) is 0 Å². The number of halogens is 1. The van der Waals surface area contributed by atoms with Crippen LogP contribution < -0.4 is 4.90 Å². The lowest BCUT2D eigenvalue weighted by Crippen LogP contribution is -2.37. The van der Waals surface area contributed by atoms with Gasteiger partial charge in [0.05, 0.1) is 6.10 Å². The van der Waals surface area contributed by atoms with E-state index in [4.69, 9.17) is 0 Å². The van der Waals surface area contributed by atoms with Gasteiger partial charge in [-0.2, -0.15) is 0 Å². The van der Waals surface area contributed by atoms with E-state index in [1.165, 1.54) is 25.7 Å². The Bertz CT molecular complexity index is 460. The van der Waals surface area contributed by atoms with Crippen LogP contribution in [-0.2, 0) is 0 Å². The zero-order valence-corrected chi connectivity index (χ0v) is 14.6. The minimum atomic E-state index is -0.440. The molecule has 0 amide bonds. The van der Waals surface area contributed by atoms with E-state index in [2.05, 4.69) is 53.9 Å². The molecule has 1 aliphatic rings. The highest BCUT2D eigenvalue weighted by Gasteiger charge is 2.29. The van der Waals surface area contributed by atoms with Crippen molar-refractivity contribution in [2.75, 3.05) is 11.9 Å². The summed E-state index contributed by atoms with van der Waals surface area (Å²) in [4.78, 5) is 2.36. The van der Waals surface area contributed by atoms with Crippen LogP contribution in [0.1, 0.15) is 58.1 Å². The molecular formula is C17H26BrNO. The van der Waals surface area contributed by atoms with Crippen LogP contribution in [0.15, 0.2) is 22.7 Å². The summed E-state index contributed by atoms with van der Waals surface area (Å²) in [6, 6.07) is 6.79. The maximum absolute atomic E-state index is 10.0. The molecule has 1 saturated carbocycles. The van der Waals surface area contributed by atoms with Gasteiger partial charge < -0.3 is 10.0 Å². The largest absolute Gasteiger partial charge is 0.389 e. The lowest BCUT2D eigenvalue weighted by molar-refractivity contribution is 0.198. The Morgan fingerprint density at radius 3 is 2.45 bits per heavy atom. The molecule has 1 aromatic rings. The summed E-state index contributed by atoms with van der Waals surface area (Å²) in [6.07, 6.45) is 4.59. The molecule has 20 heavy (non-hydrogen) atoms. The van der Waals surface area contributed by atoms with Crippen molar-refractivity contribution in [1.29, 1.82) is 0 Å². The zero-order chi connectivity index (χ0) is 14.9. The number of hydrogen-bond donors (Lipinski definition) is 1. The molecule has 2 nitrogen and oxygen atoms in total. The third-order valence-corrected chi connectivity index (χ3v) is 5.17. The van der Waals surface area contributed by atoms with E-state index in [9.17, 15) is 5.11 Å². The summed E-state index contributed by atoms with van der Waals surface area (Å²) >= 11 is 3.50. The number of aliphatic hydroxyl groups is 1. The summed E-state index contributed by atoms with van der Waals surface area (Å²) in [5.74, 6) is 0. The van der Waals surface area contributed by atoms with Gasteiger partial charge in [-0.3, -0.25) is 0 Å². The molecule has 0 saturated heterocycles. The summed E-state index contributed by atoms with van der Waals surface area (Å²) in [5, 5.41) is 10.0. The van der Waals surface area contributed by atoms with E-state index in [-0.39, 0.29) is 0 Å². The predicted octanol–water partition coefficient (Wildman–Crippen LogP) is 4.91. The Morgan fingerprint density at radius 2 is 1.90 bits per heavy atom. The van der Waals surface area contributed by atoms with Crippen molar-refractivity contribution in [3.05, 3.63) is 28.2 Å². The number of hydrogen-bond acceptors (Lipinski definition) is 2. The molecule has 1 fully saturated rings. The van der Waals surface area contributed by atoms with Crippen LogP contribution in [-0.4, -0.2) is 18.2 Å². The van der Waals surface area contributed by atoms with Gasteiger partial charge in [0.25, 0.3) is 0 Å². The fourth-order valence-electron chi connectivity index (χ4n) is 3.15. The minimum absolute atomic E-state index is 0.440. The van der Waals surface area contributed by atoms with Crippen molar-refractivity contribution in [3.8, 4) is 0 Å². The molecule has 1 atom stereocenters. The predicted molar refractivity (Wildman–Crippen MR) is 89.2 cm³/mol. The summed E-state index contributed by atoms with van der Waals surface area (Å²) < 4.78 is 1.02. The van der Waals surface area contributed by atoms with Crippen LogP contribution in [0.3, 0.4) is 0 Å². The van der Waals surface area contributed by atoms with E-state index < -0.39 is 6.10 Å². The average Bonchev–Trinajstić information content (AvgIpc) is 2.37. The van der Waals surface area contributed by atoms with E-state index in [1.54, 1.807) is 0 Å². The van der Waals surface area contributed by atoms with Crippen LogP contribution in [0, 0.1) is 5.41 Å². The molecule has 1 N–H and O–H groups in total. The van der Waals surface area contributed by atoms with Crippen LogP contribution in [0.25, 0.3) is 0 Å². The zero-order valence-electron chi connectivity index (χ0n) is 13.0. The summed E-state index contributed by atoms with van der Waals surface area (Å²) in [5.41, 5.74) is 2.66. The Labute approximate surface area is 131 Å². The highest BCUT2D eigenvalue weighted by atomic mass is 79.9. The van der Waals surface area contributed by atoms with Gasteiger partial charge in [0.1, 0.15) is 0 Å². The molecule has 0 aliphatic heterocycles. The lowest BCUT2D eigenvalue weighted by Gasteiger charge is -2.40. The van der Waals surface area contributed by atoms with E-state index in [0.717, 1.165) is 15.7 Å². The minimum Gasteiger partial charge on any atom is -0.389 e. The fourth-order valence-corrected chi connectivity index (χ4v) is 3.53. The van der Waals surface area contributed by atoms with Gasteiger partial charge in [0.15, 0.2) is 0 Å². The highest BCUT2D eigenvalue weighted by Crippen LogP contribution is 2.39. The van der Waals surface area contributed by atoms with Gasteiger partial charge in [0, 0.05) is 28.8 Å². The number of rotatable bonds is 3. The molecule has 1 aliphatic carbocycles. The van der Waals surface area contributed by atoms with Crippen molar-refractivity contribution >= 4 is 21.6 Å². The van der Waals surface area contributed by atoms with Gasteiger partial charge in [-0.05, 0) is 56.2 Å². The Kier molecular flexibility index (Phi) is 4.80. The molecule has 0 spiro atoms. The summed E-state index contributed by atoms with van der Waals surface area (Å²) in [7, 11) is 2.16. The molecule has 112 valence electrons. The molecule has 0 heterocycles. The van der Waals surface area contributed by atoms with Crippen LogP contribution in [0.5, 0.6) is 0 Å². The first-order valence-electron chi connectivity index (χ1n) is 7.50.